The molecule has 0 saturated carbocycles. The number of nitro benzene ring substituents is 1. The van der Waals surface area contributed by atoms with Gasteiger partial charge in [-0.1, -0.05) is 6.07 Å². The summed E-state index contributed by atoms with van der Waals surface area (Å²) in [4.78, 5) is 21.4. The van der Waals surface area contributed by atoms with Gasteiger partial charge < -0.3 is 10.4 Å². The molecule has 0 spiro atoms. The third-order valence-electron chi connectivity index (χ3n) is 2.13. The lowest BCUT2D eigenvalue weighted by molar-refractivity contribution is -0.385. The smallest absolute Gasteiger partial charge is 0.311 e. The van der Waals surface area contributed by atoms with Crippen LogP contribution in [-0.2, 0) is 10.8 Å². The quantitative estimate of drug-likeness (QED) is 0.596. The molecule has 0 radical (unpaired) electrons. The molecule has 8 heteroatoms. The number of nitrogens with one attached hydrogen (secondary N) is 1. The van der Waals surface area contributed by atoms with Crippen LogP contribution < -0.4 is 5.32 Å². The van der Waals surface area contributed by atoms with E-state index in [1.54, 1.807) is 0 Å². The number of phenolic OH excluding ortho intramolecular Hbond substituents is 1. The molecule has 18 heavy (non-hydrogen) atoms. The molecule has 0 aliphatic carbocycles. The fourth-order valence-corrected chi connectivity index (χ4v) is 1.65. The molecule has 1 rings (SSSR count). The number of amides is 1. The molecular weight excluding hydrogens is 260 g/mol. The van der Waals surface area contributed by atoms with E-state index in [4.69, 9.17) is 0 Å². The Hall–Kier alpha value is -1.96. The lowest BCUT2D eigenvalue weighted by atomic mass is 10.1. The van der Waals surface area contributed by atoms with Gasteiger partial charge in [-0.3, -0.25) is 19.1 Å². The van der Waals surface area contributed by atoms with Gasteiger partial charge in [0.2, 0.25) is 5.75 Å². The maximum Gasteiger partial charge on any atom is 0.311 e. The summed E-state index contributed by atoms with van der Waals surface area (Å²) in [5.41, 5.74) is -0.701. The number of hydrogen-bond donors (Lipinski definition) is 2. The van der Waals surface area contributed by atoms with Crippen LogP contribution in [0.4, 0.5) is 5.69 Å². The van der Waals surface area contributed by atoms with E-state index in [0.29, 0.717) is 0 Å². The van der Waals surface area contributed by atoms with Gasteiger partial charge in [0.15, 0.2) is 0 Å². The minimum absolute atomic E-state index is 0.171. The van der Waals surface area contributed by atoms with E-state index < -0.39 is 33.1 Å². The minimum atomic E-state index is -1.04. The summed E-state index contributed by atoms with van der Waals surface area (Å²) in [6.07, 6.45) is 1.50. The van der Waals surface area contributed by atoms with Gasteiger partial charge in [0, 0.05) is 35.4 Å². The summed E-state index contributed by atoms with van der Waals surface area (Å²) < 4.78 is 10.8. The van der Waals surface area contributed by atoms with Crippen molar-refractivity contribution in [3.63, 3.8) is 0 Å². The van der Waals surface area contributed by atoms with Crippen molar-refractivity contribution in [3.8, 4) is 5.75 Å². The van der Waals surface area contributed by atoms with Crippen LogP contribution in [0.3, 0.4) is 0 Å². The van der Waals surface area contributed by atoms with Crippen LogP contribution in [0.15, 0.2) is 18.2 Å². The summed E-state index contributed by atoms with van der Waals surface area (Å²) in [6, 6.07) is 3.69. The first-order valence-electron chi connectivity index (χ1n) is 4.98. The average Bonchev–Trinajstić information content (AvgIpc) is 2.28. The molecule has 1 atom stereocenters. The van der Waals surface area contributed by atoms with Gasteiger partial charge >= 0.3 is 5.69 Å². The van der Waals surface area contributed by atoms with Crippen molar-refractivity contribution in [2.75, 3.05) is 18.6 Å². The number of nitro groups is 1. The van der Waals surface area contributed by atoms with Crippen LogP contribution in [-0.4, -0.2) is 38.7 Å². The topological polar surface area (TPSA) is 110 Å². The summed E-state index contributed by atoms with van der Waals surface area (Å²) in [6.45, 7) is 0.171. The number of para-hydroxylation sites is 1. The molecule has 7 nitrogen and oxygen atoms in total. The van der Waals surface area contributed by atoms with Gasteiger partial charge in [0.1, 0.15) is 0 Å². The Labute approximate surface area is 105 Å². The van der Waals surface area contributed by atoms with Crippen molar-refractivity contribution >= 4 is 22.4 Å². The van der Waals surface area contributed by atoms with Crippen molar-refractivity contribution in [1.29, 1.82) is 0 Å². The number of carbonyl (C=O) groups excluding carboxylic acids is 1. The first kappa shape index (κ1) is 14.1. The third-order valence-corrected chi connectivity index (χ3v) is 2.91. The molecule has 0 aliphatic heterocycles. The number of carbonyl (C=O) groups is 1. The zero-order valence-corrected chi connectivity index (χ0v) is 10.4. The number of hydrogen-bond acceptors (Lipinski definition) is 5. The molecule has 1 amide bonds. The van der Waals surface area contributed by atoms with E-state index >= 15 is 0 Å². The Morgan fingerprint density at radius 2 is 2.22 bits per heavy atom. The molecule has 1 aromatic rings. The van der Waals surface area contributed by atoms with Gasteiger partial charge in [-0.25, -0.2) is 0 Å². The van der Waals surface area contributed by atoms with Crippen LogP contribution in [0.1, 0.15) is 10.4 Å². The lowest BCUT2D eigenvalue weighted by Crippen LogP contribution is -2.27. The molecule has 0 bridgehead atoms. The van der Waals surface area contributed by atoms with Crippen LogP contribution in [0.2, 0.25) is 0 Å². The van der Waals surface area contributed by atoms with Crippen LogP contribution >= 0.6 is 0 Å². The van der Waals surface area contributed by atoms with Gasteiger partial charge in [-0.05, 0) is 6.07 Å². The average molecular weight is 272 g/mol. The maximum absolute atomic E-state index is 11.6. The van der Waals surface area contributed by atoms with Gasteiger partial charge in [-0.2, -0.15) is 0 Å². The highest BCUT2D eigenvalue weighted by atomic mass is 32.2. The zero-order valence-electron chi connectivity index (χ0n) is 9.58. The van der Waals surface area contributed by atoms with Crippen LogP contribution in [0.5, 0.6) is 5.75 Å². The van der Waals surface area contributed by atoms with Crippen molar-refractivity contribution < 1.29 is 19.0 Å². The van der Waals surface area contributed by atoms with E-state index in [1.807, 2.05) is 0 Å². The Morgan fingerprint density at radius 3 is 2.78 bits per heavy atom. The number of benzene rings is 1. The first-order chi connectivity index (χ1) is 8.43. The number of nitrogens with zero attached hydrogens (tertiary/aromatic N) is 1. The van der Waals surface area contributed by atoms with Gasteiger partial charge in [0.05, 0.1) is 10.5 Å². The molecule has 0 aliphatic rings. The minimum Gasteiger partial charge on any atom is -0.502 e. The predicted molar refractivity (Wildman–Crippen MR) is 66.0 cm³/mol. The highest BCUT2D eigenvalue weighted by Gasteiger charge is 2.20. The molecule has 98 valence electrons. The summed E-state index contributed by atoms with van der Waals surface area (Å²) in [5.74, 6) is -1.03. The molecule has 0 aromatic heterocycles. The van der Waals surface area contributed by atoms with E-state index in [2.05, 4.69) is 5.32 Å². The Morgan fingerprint density at radius 1 is 1.56 bits per heavy atom. The molecule has 1 unspecified atom stereocenters. The highest BCUT2D eigenvalue weighted by Crippen LogP contribution is 2.28. The molecule has 0 fully saturated rings. The fourth-order valence-electron chi connectivity index (χ4n) is 1.27. The zero-order chi connectivity index (χ0) is 13.7. The van der Waals surface area contributed by atoms with Gasteiger partial charge in [0.25, 0.3) is 5.91 Å². The number of aromatic hydroxyl groups is 1. The van der Waals surface area contributed by atoms with E-state index in [9.17, 15) is 24.2 Å². The Bertz CT molecular complexity index is 503. The largest absolute Gasteiger partial charge is 0.502 e. The van der Waals surface area contributed by atoms with Crippen LogP contribution in [0.25, 0.3) is 0 Å². The van der Waals surface area contributed by atoms with E-state index in [-0.39, 0.29) is 17.9 Å². The number of rotatable bonds is 5. The standard InChI is InChI=1S/C10H12N2O5S/c1-18(17)6-5-11-10(14)7-3-2-4-8(9(7)13)12(15)16/h2-4,13H,5-6H2,1H3,(H,11,14). The second-order valence-corrected chi connectivity index (χ2v) is 5.02. The first-order valence-corrected chi connectivity index (χ1v) is 6.70. The normalized spacial score (nSPS) is 11.8. The summed E-state index contributed by atoms with van der Waals surface area (Å²) >= 11 is 0. The maximum atomic E-state index is 11.6. The van der Waals surface area contributed by atoms with Crippen molar-refractivity contribution in [2.24, 2.45) is 0 Å². The van der Waals surface area contributed by atoms with Crippen molar-refractivity contribution in [3.05, 3.63) is 33.9 Å². The molecule has 2 N–H and O–H groups in total. The highest BCUT2D eigenvalue weighted by molar-refractivity contribution is 7.84. The monoisotopic (exact) mass is 272 g/mol. The second-order valence-electron chi connectivity index (χ2n) is 3.46. The van der Waals surface area contributed by atoms with Crippen molar-refractivity contribution in [2.45, 2.75) is 0 Å². The summed E-state index contributed by atoms with van der Waals surface area (Å²) in [5, 5.41) is 22.6. The lowest BCUT2D eigenvalue weighted by Gasteiger charge is -2.06. The second kappa shape index (κ2) is 6.10. The molecule has 0 saturated heterocycles. The molecule has 1 aromatic carbocycles. The van der Waals surface area contributed by atoms with Crippen molar-refractivity contribution in [1.82, 2.24) is 5.32 Å². The summed E-state index contributed by atoms with van der Waals surface area (Å²) in [7, 11) is -1.04. The van der Waals surface area contributed by atoms with E-state index in [0.717, 1.165) is 6.07 Å². The van der Waals surface area contributed by atoms with Crippen LogP contribution in [0, 0.1) is 10.1 Å². The van der Waals surface area contributed by atoms with E-state index in [1.165, 1.54) is 18.4 Å². The van der Waals surface area contributed by atoms with Gasteiger partial charge in [-0.15, -0.1) is 0 Å². The third kappa shape index (κ3) is 3.52. The number of phenols is 1. The Kier molecular flexibility index (Phi) is 4.78. The molecular formula is C10H12N2O5S. The fraction of sp³-hybridized carbons (Fsp3) is 0.300. The SMILES string of the molecule is CS(=O)CCNC(=O)c1cccc([N+](=O)[O-])c1O. The predicted octanol–water partition coefficient (Wildman–Crippen LogP) is 0.409. The Balaban J connectivity index is 2.83. The molecule has 0 heterocycles.